The molecule has 0 aliphatic carbocycles. The Kier molecular flexibility index (Phi) is 5.40. The summed E-state index contributed by atoms with van der Waals surface area (Å²) in [5.74, 6) is -1.96. The highest BCUT2D eigenvalue weighted by atomic mass is 19.1. The fourth-order valence-electron chi connectivity index (χ4n) is 2.57. The molecule has 0 saturated carbocycles. The first-order chi connectivity index (χ1) is 13.0. The molecule has 0 radical (unpaired) electrons. The number of aromatic nitrogens is 2. The summed E-state index contributed by atoms with van der Waals surface area (Å²) in [6.07, 6.45) is 1.40. The van der Waals surface area contributed by atoms with E-state index in [0.717, 1.165) is 23.4 Å². The van der Waals surface area contributed by atoms with Gasteiger partial charge in [-0.2, -0.15) is 0 Å². The summed E-state index contributed by atoms with van der Waals surface area (Å²) >= 11 is 0. The molecule has 138 valence electrons. The molecule has 0 aliphatic rings. The van der Waals surface area contributed by atoms with Gasteiger partial charge in [0, 0.05) is 11.9 Å². The Morgan fingerprint density at radius 1 is 1.00 bits per heavy atom. The first-order valence-electron chi connectivity index (χ1n) is 8.40. The molecule has 1 aromatic heterocycles. The van der Waals surface area contributed by atoms with Crippen molar-refractivity contribution >= 4 is 23.2 Å². The van der Waals surface area contributed by atoms with Crippen LogP contribution in [0.5, 0.6) is 0 Å². The van der Waals surface area contributed by atoms with Gasteiger partial charge in [0.25, 0.3) is 5.91 Å². The van der Waals surface area contributed by atoms with Gasteiger partial charge in [-0.25, -0.2) is 18.7 Å². The summed E-state index contributed by atoms with van der Waals surface area (Å²) in [4.78, 5) is 20.6. The van der Waals surface area contributed by atoms with Crippen molar-refractivity contribution in [1.29, 1.82) is 0 Å². The molecule has 0 spiro atoms. The molecule has 0 fully saturated rings. The maximum Gasteiger partial charge on any atom is 0.274 e. The largest absolute Gasteiger partial charge is 0.324 e. The van der Waals surface area contributed by atoms with E-state index in [0.29, 0.717) is 0 Å². The average Bonchev–Trinajstić information content (AvgIpc) is 2.65. The van der Waals surface area contributed by atoms with Crippen LogP contribution in [0.25, 0.3) is 0 Å². The molecule has 0 saturated heterocycles. The van der Waals surface area contributed by atoms with Crippen LogP contribution in [0, 0.1) is 11.6 Å². The van der Waals surface area contributed by atoms with Crippen molar-refractivity contribution in [2.45, 2.75) is 19.8 Å². The van der Waals surface area contributed by atoms with E-state index in [9.17, 15) is 13.6 Å². The van der Waals surface area contributed by atoms with Crippen molar-refractivity contribution < 1.29 is 13.6 Å². The zero-order valence-electron chi connectivity index (χ0n) is 14.8. The van der Waals surface area contributed by atoms with E-state index in [2.05, 4.69) is 34.4 Å². The van der Waals surface area contributed by atoms with E-state index in [1.165, 1.54) is 18.3 Å². The van der Waals surface area contributed by atoms with Crippen LogP contribution < -0.4 is 10.6 Å². The summed E-state index contributed by atoms with van der Waals surface area (Å²) < 4.78 is 27.4. The molecule has 3 rings (SSSR count). The Labute approximate surface area is 155 Å². The molecule has 1 amide bonds. The topological polar surface area (TPSA) is 66.9 Å². The Hall–Kier alpha value is -3.35. The van der Waals surface area contributed by atoms with Crippen LogP contribution in [0.3, 0.4) is 0 Å². The number of carbonyl (C=O) groups excluding carboxylic acids is 1. The van der Waals surface area contributed by atoms with E-state index in [4.69, 9.17) is 0 Å². The summed E-state index contributed by atoms with van der Waals surface area (Å²) in [7, 11) is 0. The number of nitrogens with one attached hydrogen (secondary N) is 2. The number of benzene rings is 2. The highest BCUT2D eigenvalue weighted by Gasteiger charge is 2.15. The maximum absolute atomic E-state index is 13.7. The first-order valence-corrected chi connectivity index (χ1v) is 8.40. The number of anilines is 3. The number of hydrogen-bond acceptors (Lipinski definition) is 4. The third-order valence-electron chi connectivity index (χ3n) is 3.92. The number of rotatable bonds is 5. The van der Waals surface area contributed by atoms with Gasteiger partial charge in [0.1, 0.15) is 23.0 Å². The van der Waals surface area contributed by atoms with Gasteiger partial charge >= 0.3 is 0 Å². The Balaban J connectivity index is 1.83. The van der Waals surface area contributed by atoms with Crippen LogP contribution in [0.4, 0.5) is 26.1 Å². The van der Waals surface area contributed by atoms with Crippen molar-refractivity contribution in [1.82, 2.24) is 9.97 Å². The first kappa shape index (κ1) is 18.4. The van der Waals surface area contributed by atoms with E-state index in [1.54, 1.807) is 0 Å². The van der Waals surface area contributed by atoms with Crippen molar-refractivity contribution in [2.24, 2.45) is 0 Å². The molecular weight excluding hydrogens is 350 g/mol. The lowest BCUT2D eigenvalue weighted by molar-refractivity contribution is 0.102. The number of halogens is 2. The molecule has 0 atom stereocenters. The lowest BCUT2D eigenvalue weighted by Gasteiger charge is -2.14. The van der Waals surface area contributed by atoms with Crippen LogP contribution in [-0.2, 0) is 0 Å². The van der Waals surface area contributed by atoms with Crippen LogP contribution in [0.2, 0.25) is 0 Å². The third kappa shape index (κ3) is 4.25. The number of hydrogen-bond donors (Lipinski definition) is 2. The minimum absolute atomic E-state index is 0.0165. The van der Waals surface area contributed by atoms with E-state index in [-0.39, 0.29) is 17.6 Å². The Bertz CT molecular complexity index is 955. The second-order valence-corrected chi connectivity index (χ2v) is 6.18. The van der Waals surface area contributed by atoms with E-state index < -0.39 is 23.2 Å². The standard InChI is InChI=1S/C20H18F2N4O/c1-12(2)13-6-3-4-9-16(13)24-20-23-11-10-17(25-20)19(27)26-18-14(21)7-5-8-15(18)22/h3-12H,1-2H3,(H,26,27)(H,23,24,25). The molecule has 0 aliphatic heterocycles. The van der Waals surface area contributed by atoms with Gasteiger partial charge in [-0.3, -0.25) is 4.79 Å². The molecule has 27 heavy (non-hydrogen) atoms. The summed E-state index contributed by atoms with van der Waals surface area (Å²) in [5.41, 5.74) is 1.37. The average molecular weight is 368 g/mol. The highest BCUT2D eigenvalue weighted by Crippen LogP contribution is 2.25. The fourth-order valence-corrected chi connectivity index (χ4v) is 2.57. The van der Waals surface area contributed by atoms with Gasteiger partial charge in [0.05, 0.1) is 0 Å². The minimum Gasteiger partial charge on any atom is -0.324 e. The molecule has 7 heteroatoms. The minimum atomic E-state index is -0.860. The number of carbonyl (C=O) groups is 1. The van der Waals surface area contributed by atoms with Gasteiger partial charge in [-0.05, 0) is 35.7 Å². The van der Waals surface area contributed by atoms with Gasteiger partial charge in [0.15, 0.2) is 0 Å². The zero-order chi connectivity index (χ0) is 19.4. The third-order valence-corrected chi connectivity index (χ3v) is 3.92. The Morgan fingerprint density at radius 2 is 1.70 bits per heavy atom. The highest BCUT2D eigenvalue weighted by molar-refractivity contribution is 6.03. The predicted octanol–water partition coefficient (Wildman–Crippen LogP) is 4.87. The molecule has 1 heterocycles. The summed E-state index contributed by atoms with van der Waals surface area (Å²) in [6.45, 7) is 4.13. The second-order valence-electron chi connectivity index (χ2n) is 6.18. The van der Waals surface area contributed by atoms with Crippen molar-refractivity contribution in [3.63, 3.8) is 0 Å². The lowest BCUT2D eigenvalue weighted by atomic mass is 10.0. The van der Waals surface area contributed by atoms with Gasteiger partial charge < -0.3 is 10.6 Å². The molecule has 2 aromatic carbocycles. The van der Waals surface area contributed by atoms with Crippen LogP contribution in [-0.4, -0.2) is 15.9 Å². The maximum atomic E-state index is 13.7. The van der Waals surface area contributed by atoms with Crippen molar-refractivity contribution in [2.75, 3.05) is 10.6 Å². The van der Waals surface area contributed by atoms with E-state index in [1.807, 2.05) is 24.3 Å². The van der Waals surface area contributed by atoms with Crippen molar-refractivity contribution in [3.05, 3.63) is 77.6 Å². The molecule has 0 bridgehead atoms. The smallest absolute Gasteiger partial charge is 0.274 e. The summed E-state index contributed by atoms with van der Waals surface area (Å²) in [5, 5.41) is 5.29. The predicted molar refractivity (Wildman–Crippen MR) is 100 cm³/mol. The summed E-state index contributed by atoms with van der Waals surface area (Å²) in [6, 6.07) is 12.4. The van der Waals surface area contributed by atoms with Gasteiger partial charge in [-0.1, -0.05) is 38.1 Å². The molecule has 5 nitrogen and oxygen atoms in total. The number of nitrogens with zero attached hydrogens (tertiary/aromatic N) is 2. The molecular formula is C20H18F2N4O. The normalized spacial score (nSPS) is 10.7. The van der Waals surface area contributed by atoms with Crippen molar-refractivity contribution in [3.8, 4) is 0 Å². The second kappa shape index (κ2) is 7.90. The van der Waals surface area contributed by atoms with Crippen LogP contribution in [0.15, 0.2) is 54.7 Å². The van der Waals surface area contributed by atoms with E-state index >= 15 is 0 Å². The number of amides is 1. The molecule has 2 N–H and O–H groups in total. The SMILES string of the molecule is CC(C)c1ccccc1Nc1nccc(C(=O)Nc2c(F)cccc2F)n1. The van der Waals surface area contributed by atoms with Crippen LogP contribution >= 0.6 is 0 Å². The fraction of sp³-hybridized carbons (Fsp3) is 0.150. The molecule has 3 aromatic rings. The Morgan fingerprint density at radius 3 is 2.41 bits per heavy atom. The zero-order valence-corrected chi connectivity index (χ0v) is 14.8. The lowest BCUT2D eigenvalue weighted by Crippen LogP contribution is -2.16. The van der Waals surface area contributed by atoms with Gasteiger partial charge in [-0.15, -0.1) is 0 Å². The van der Waals surface area contributed by atoms with Crippen LogP contribution in [0.1, 0.15) is 35.8 Å². The monoisotopic (exact) mass is 368 g/mol. The molecule has 0 unspecified atom stereocenters. The quantitative estimate of drug-likeness (QED) is 0.674. The number of para-hydroxylation sites is 2. The van der Waals surface area contributed by atoms with Gasteiger partial charge in [0.2, 0.25) is 5.95 Å².